The fourth-order valence-electron chi connectivity index (χ4n) is 2.12. The summed E-state index contributed by atoms with van der Waals surface area (Å²) in [7, 11) is 0. The molecule has 4 N–H and O–H groups in total. The number of carbonyl (C=O) groups excluding carboxylic acids is 1. The highest BCUT2D eigenvalue weighted by Crippen LogP contribution is 2.22. The van der Waals surface area contributed by atoms with Crippen LogP contribution in [0.5, 0.6) is 11.5 Å². The molecule has 1 amide bonds. The molecule has 1 fully saturated rings. The minimum absolute atomic E-state index is 0.0574. The first-order chi connectivity index (χ1) is 8.66. The van der Waals surface area contributed by atoms with Crippen molar-refractivity contribution >= 4 is 5.91 Å². The van der Waals surface area contributed by atoms with Gasteiger partial charge < -0.3 is 20.8 Å². The average Bonchev–Trinajstić information content (AvgIpc) is 2.37. The van der Waals surface area contributed by atoms with Crippen molar-refractivity contribution in [3.05, 3.63) is 23.8 Å². The SMILES string of the molecule is O=C(NCC1CCCCN1)c1ccc(O)cc1O. The summed E-state index contributed by atoms with van der Waals surface area (Å²) in [6.07, 6.45) is 3.42. The number of phenols is 2. The zero-order chi connectivity index (χ0) is 13.0. The molecule has 1 aromatic carbocycles. The summed E-state index contributed by atoms with van der Waals surface area (Å²) < 4.78 is 0. The smallest absolute Gasteiger partial charge is 0.255 e. The van der Waals surface area contributed by atoms with E-state index in [1.807, 2.05) is 0 Å². The zero-order valence-electron chi connectivity index (χ0n) is 10.1. The van der Waals surface area contributed by atoms with Gasteiger partial charge in [-0.15, -0.1) is 0 Å². The molecule has 1 atom stereocenters. The van der Waals surface area contributed by atoms with Gasteiger partial charge in [0.2, 0.25) is 0 Å². The number of piperidine rings is 1. The summed E-state index contributed by atoms with van der Waals surface area (Å²) in [5, 5.41) is 24.8. The largest absolute Gasteiger partial charge is 0.508 e. The van der Waals surface area contributed by atoms with Crippen LogP contribution in [0, 0.1) is 0 Å². The van der Waals surface area contributed by atoms with E-state index >= 15 is 0 Å². The highest BCUT2D eigenvalue weighted by atomic mass is 16.3. The van der Waals surface area contributed by atoms with Crippen molar-refractivity contribution < 1.29 is 15.0 Å². The van der Waals surface area contributed by atoms with E-state index in [9.17, 15) is 9.90 Å². The predicted molar refractivity (Wildman–Crippen MR) is 67.7 cm³/mol. The van der Waals surface area contributed by atoms with Crippen molar-refractivity contribution in [1.82, 2.24) is 10.6 Å². The molecule has 1 aliphatic rings. The Morgan fingerprint density at radius 2 is 2.22 bits per heavy atom. The van der Waals surface area contributed by atoms with Crippen molar-refractivity contribution in [2.24, 2.45) is 0 Å². The third-order valence-corrected chi connectivity index (χ3v) is 3.15. The number of amides is 1. The van der Waals surface area contributed by atoms with Crippen molar-refractivity contribution in [2.75, 3.05) is 13.1 Å². The standard InChI is InChI=1S/C13H18N2O3/c16-10-4-5-11(12(17)7-10)13(18)15-8-9-3-1-2-6-14-9/h4-5,7,9,14,16-17H,1-3,6,8H2,(H,15,18). The predicted octanol–water partition coefficient (Wildman–Crippen LogP) is 0.970. The fourth-order valence-corrected chi connectivity index (χ4v) is 2.12. The highest BCUT2D eigenvalue weighted by molar-refractivity contribution is 5.97. The lowest BCUT2D eigenvalue weighted by Crippen LogP contribution is -2.43. The summed E-state index contributed by atoms with van der Waals surface area (Å²) in [6.45, 7) is 1.55. The first-order valence-electron chi connectivity index (χ1n) is 6.20. The molecule has 0 aliphatic carbocycles. The molecule has 0 spiro atoms. The maximum absolute atomic E-state index is 11.8. The molecule has 0 aromatic heterocycles. The fraction of sp³-hybridized carbons (Fsp3) is 0.462. The molecule has 98 valence electrons. The molecular weight excluding hydrogens is 232 g/mol. The number of carbonyl (C=O) groups is 1. The molecule has 0 bridgehead atoms. The van der Waals surface area contributed by atoms with E-state index in [4.69, 9.17) is 5.11 Å². The van der Waals surface area contributed by atoms with Crippen LogP contribution in [0.3, 0.4) is 0 Å². The van der Waals surface area contributed by atoms with E-state index in [0.29, 0.717) is 12.6 Å². The van der Waals surface area contributed by atoms with Crippen molar-refractivity contribution in [1.29, 1.82) is 0 Å². The number of nitrogens with one attached hydrogen (secondary N) is 2. The molecule has 2 rings (SSSR count). The van der Waals surface area contributed by atoms with Crippen LogP contribution in [-0.2, 0) is 0 Å². The number of hydrogen-bond acceptors (Lipinski definition) is 4. The highest BCUT2D eigenvalue weighted by Gasteiger charge is 2.15. The second-order valence-corrected chi connectivity index (χ2v) is 4.56. The average molecular weight is 250 g/mol. The molecule has 18 heavy (non-hydrogen) atoms. The van der Waals surface area contributed by atoms with E-state index < -0.39 is 0 Å². The van der Waals surface area contributed by atoms with Crippen LogP contribution >= 0.6 is 0 Å². The van der Waals surface area contributed by atoms with Crippen LogP contribution in [0.1, 0.15) is 29.6 Å². The van der Waals surface area contributed by atoms with Gasteiger partial charge in [-0.05, 0) is 31.5 Å². The Labute approximate surface area is 106 Å². The van der Waals surface area contributed by atoms with Crippen LogP contribution in [-0.4, -0.2) is 35.3 Å². The van der Waals surface area contributed by atoms with Gasteiger partial charge in [-0.3, -0.25) is 4.79 Å². The van der Waals surface area contributed by atoms with E-state index in [1.165, 1.54) is 25.0 Å². The summed E-state index contributed by atoms with van der Waals surface area (Å²) >= 11 is 0. The Bertz CT molecular complexity index is 428. The van der Waals surface area contributed by atoms with Gasteiger partial charge in [-0.2, -0.15) is 0 Å². The van der Waals surface area contributed by atoms with Crippen LogP contribution in [0.25, 0.3) is 0 Å². The quantitative estimate of drug-likeness (QED) is 0.644. The third kappa shape index (κ3) is 3.13. The molecule has 5 nitrogen and oxygen atoms in total. The van der Waals surface area contributed by atoms with Gasteiger partial charge in [-0.1, -0.05) is 6.42 Å². The molecule has 0 radical (unpaired) electrons. The topological polar surface area (TPSA) is 81.6 Å². The summed E-state index contributed by atoms with van der Waals surface area (Å²) in [5.41, 5.74) is 0.184. The van der Waals surface area contributed by atoms with Gasteiger partial charge >= 0.3 is 0 Å². The summed E-state index contributed by atoms with van der Waals surface area (Å²) in [4.78, 5) is 11.8. The van der Waals surface area contributed by atoms with Gasteiger partial charge in [0.05, 0.1) is 5.56 Å². The lowest BCUT2D eigenvalue weighted by molar-refractivity contribution is 0.0945. The maximum atomic E-state index is 11.8. The molecule has 0 saturated carbocycles. The first-order valence-corrected chi connectivity index (χ1v) is 6.20. The van der Waals surface area contributed by atoms with Crippen molar-refractivity contribution in [2.45, 2.75) is 25.3 Å². The summed E-state index contributed by atoms with van der Waals surface area (Å²) in [6, 6.07) is 4.26. The monoisotopic (exact) mass is 250 g/mol. The molecule has 1 heterocycles. The lowest BCUT2D eigenvalue weighted by atomic mass is 10.0. The normalized spacial score (nSPS) is 19.4. The second-order valence-electron chi connectivity index (χ2n) is 4.56. The van der Waals surface area contributed by atoms with Crippen LogP contribution < -0.4 is 10.6 Å². The van der Waals surface area contributed by atoms with Gasteiger partial charge in [0.15, 0.2) is 0 Å². The third-order valence-electron chi connectivity index (χ3n) is 3.15. The van der Waals surface area contributed by atoms with Crippen molar-refractivity contribution in [3.8, 4) is 11.5 Å². The Morgan fingerprint density at radius 1 is 1.39 bits per heavy atom. The molecular formula is C13H18N2O3. The molecule has 1 aromatic rings. The Balaban J connectivity index is 1.90. The molecule has 1 saturated heterocycles. The first kappa shape index (κ1) is 12.7. The minimum Gasteiger partial charge on any atom is -0.508 e. The number of hydrogen-bond donors (Lipinski definition) is 4. The Hall–Kier alpha value is -1.75. The molecule has 1 aliphatic heterocycles. The maximum Gasteiger partial charge on any atom is 0.255 e. The van der Waals surface area contributed by atoms with Crippen LogP contribution in [0.15, 0.2) is 18.2 Å². The summed E-state index contributed by atoms with van der Waals surface area (Å²) in [5.74, 6) is -0.582. The minimum atomic E-state index is -0.320. The zero-order valence-corrected chi connectivity index (χ0v) is 10.1. The van der Waals surface area contributed by atoms with Gasteiger partial charge in [-0.25, -0.2) is 0 Å². The number of phenolic OH excluding ortho intramolecular Hbond substituents is 2. The van der Waals surface area contributed by atoms with E-state index in [-0.39, 0.29) is 23.0 Å². The molecule has 5 heteroatoms. The van der Waals surface area contributed by atoms with Gasteiger partial charge in [0.1, 0.15) is 11.5 Å². The number of rotatable bonds is 3. The molecule has 1 unspecified atom stereocenters. The van der Waals surface area contributed by atoms with E-state index in [0.717, 1.165) is 19.0 Å². The van der Waals surface area contributed by atoms with Gasteiger partial charge in [0, 0.05) is 18.7 Å². The number of benzene rings is 1. The lowest BCUT2D eigenvalue weighted by Gasteiger charge is -2.23. The van der Waals surface area contributed by atoms with Crippen LogP contribution in [0.4, 0.5) is 0 Å². The van der Waals surface area contributed by atoms with E-state index in [2.05, 4.69) is 10.6 Å². The Morgan fingerprint density at radius 3 is 2.89 bits per heavy atom. The van der Waals surface area contributed by atoms with Crippen molar-refractivity contribution in [3.63, 3.8) is 0 Å². The van der Waals surface area contributed by atoms with Gasteiger partial charge in [0.25, 0.3) is 5.91 Å². The van der Waals surface area contributed by atoms with E-state index in [1.54, 1.807) is 0 Å². The van der Waals surface area contributed by atoms with Crippen LogP contribution in [0.2, 0.25) is 0 Å². The number of aromatic hydroxyl groups is 2. The second kappa shape index (κ2) is 5.73. The Kier molecular flexibility index (Phi) is 4.04.